The molecule has 0 spiro atoms. The summed E-state index contributed by atoms with van der Waals surface area (Å²) in [4.78, 5) is 0. The van der Waals surface area contributed by atoms with Gasteiger partial charge in [-0.15, -0.1) is 0 Å². The van der Waals surface area contributed by atoms with Gasteiger partial charge in [-0.2, -0.15) is 0 Å². The summed E-state index contributed by atoms with van der Waals surface area (Å²) in [5.74, 6) is 0. The molecular formula is C13H18O. The van der Waals surface area contributed by atoms with Crippen molar-refractivity contribution in [3.05, 3.63) is 35.4 Å². The number of aryl methyl sites for hydroxylation is 1. The van der Waals surface area contributed by atoms with Gasteiger partial charge < -0.3 is 5.11 Å². The number of benzene rings is 1. The van der Waals surface area contributed by atoms with Gasteiger partial charge in [0, 0.05) is 0 Å². The van der Waals surface area contributed by atoms with Crippen LogP contribution in [0.2, 0.25) is 0 Å². The van der Waals surface area contributed by atoms with Gasteiger partial charge in [-0.25, -0.2) is 0 Å². The first-order valence-corrected chi connectivity index (χ1v) is 5.56. The van der Waals surface area contributed by atoms with Crippen LogP contribution in [0.5, 0.6) is 0 Å². The van der Waals surface area contributed by atoms with Gasteiger partial charge in [0.15, 0.2) is 0 Å². The highest BCUT2D eigenvalue weighted by atomic mass is 16.3. The fourth-order valence-corrected chi connectivity index (χ4v) is 2.30. The predicted molar refractivity (Wildman–Crippen MR) is 58.2 cm³/mol. The maximum Gasteiger partial charge on any atom is 0.0896 e. The van der Waals surface area contributed by atoms with E-state index in [0.717, 1.165) is 37.7 Å². The van der Waals surface area contributed by atoms with Crippen LogP contribution < -0.4 is 0 Å². The van der Waals surface area contributed by atoms with Crippen molar-refractivity contribution < 1.29 is 5.11 Å². The lowest BCUT2D eigenvalue weighted by molar-refractivity contribution is 0.0444. The molecule has 0 amide bonds. The molecule has 1 fully saturated rings. The molecule has 0 aliphatic heterocycles. The van der Waals surface area contributed by atoms with Crippen LogP contribution in [0.4, 0.5) is 0 Å². The van der Waals surface area contributed by atoms with Crippen LogP contribution in [0.15, 0.2) is 24.3 Å². The first kappa shape index (κ1) is 9.72. The van der Waals surface area contributed by atoms with Crippen LogP contribution in [0, 0.1) is 0 Å². The molecule has 76 valence electrons. The molecule has 1 aromatic rings. The van der Waals surface area contributed by atoms with Crippen molar-refractivity contribution in [1.82, 2.24) is 0 Å². The lowest BCUT2D eigenvalue weighted by atomic mass is 9.91. The summed E-state index contributed by atoms with van der Waals surface area (Å²) < 4.78 is 0. The fourth-order valence-electron chi connectivity index (χ4n) is 2.30. The Morgan fingerprint density at radius 3 is 2.21 bits per heavy atom. The van der Waals surface area contributed by atoms with Crippen molar-refractivity contribution in [2.45, 2.75) is 44.6 Å². The van der Waals surface area contributed by atoms with Crippen LogP contribution in [-0.2, 0) is 12.0 Å². The van der Waals surface area contributed by atoms with E-state index in [9.17, 15) is 5.11 Å². The summed E-state index contributed by atoms with van der Waals surface area (Å²) in [5, 5.41) is 10.3. The Balaban J connectivity index is 2.23. The van der Waals surface area contributed by atoms with Crippen molar-refractivity contribution in [3.8, 4) is 0 Å². The van der Waals surface area contributed by atoms with E-state index in [1.54, 1.807) is 0 Å². The van der Waals surface area contributed by atoms with Crippen LogP contribution in [0.3, 0.4) is 0 Å². The smallest absolute Gasteiger partial charge is 0.0896 e. The Labute approximate surface area is 85.8 Å². The monoisotopic (exact) mass is 190 g/mol. The third kappa shape index (κ3) is 1.69. The Kier molecular flexibility index (Phi) is 2.60. The van der Waals surface area contributed by atoms with E-state index >= 15 is 0 Å². The maximum atomic E-state index is 10.3. The van der Waals surface area contributed by atoms with Crippen LogP contribution in [0.1, 0.15) is 43.7 Å². The van der Waals surface area contributed by atoms with Crippen LogP contribution in [-0.4, -0.2) is 5.11 Å². The number of rotatable bonds is 2. The second-order valence-corrected chi connectivity index (χ2v) is 4.29. The molecule has 1 saturated carbocycles. The number of aliphatic hydroxyl groups is 1. The average Bonchev–Trinajstić information content (AvgIpc) is 2.67. The largest absolute Gasteiger partial charge is 0.385 e. The van der Waals surface area contributed by atoms with E-state index in [2.05, 4.69) is 31.2 Å². The minimum atomic E-state index is -0.522. The van der Waals surface area contributed by atoms with Gasteiger partial charge in [0.2, 0.25) is 0 Å². The molecule has 2 rings (SSSR count). The first-order chi connectivity index (χ1) is 6.74. The normalized spacial score (nSPS) is 19.9. The van der Waals surface area contributed by atoms with Gasteiger partial charge in [0.1, 0.15) is 0 Å². The van der Waals surface area contributed by atoms with E-state index in [4.69, 9.17) is 0 Å². The highest BCUT2D eigenvalue weighted by Crippen LogP contribution is 2.38. The van der Waals surface area contributed by atoms with Crippen LogP contribution >= 0.6 is 0 Å². The molecule has 0 saturated heterocycles. The van der Waals surface area contributed by atoms with Gasteiger partial charge in [0.25, 0.3) is 0 Å². The molecule has 0 atom stereocenters. The topological polar surface area (TPSA) is 20.2 Å². The van der Waals surface area contributed by atoms with E-state index in [-0.39, 0.29) is 0 Å². The number of hydrogen-bond acceptors (Lipinski definition) is 1. The average molecular weight is 190 g/mol. The van der Waals surface area contributed by atoms with Crippen molar-refractivity contribution in [3.63, 3.8) is 0 Å². The summed E-state index contributed by atoms with van der Waals surface area (Å²) in [6.07, 6.45) is 5.24. The van der Waals surface area contributed by atoms with Crippen molar-refractivity contribution in [2.24, 2.45) is 0 Å². The zero-order chi connectivity index (χ0) is 10.0. The Hall–Kier alpha value is -0.820. The molecule has 1 aromatic carbocycles. The summed E-state index contributed by atoms with van der Waals surface area (Å²) >= 11 is 0. The van der Waals surface area contributed by atoms with Crippen LogP contribution in [0.25, 0.3) is 0 Å². The third-order valence-electron chi connectivity index (χ3n) is 3.33. The molecular weight excluding hydrogens is 172 g/mol. The summed E-state index contributed by atoms with van der Waals surface area (Å²) in [5.41, 5.74) is 1.93. The molecule has 1 aliphatic carbocycles. The lowest BCUT2D eigenvalue weighted by Gasteiger charge is -2.22. The first-order valence-electron chi connectivity index (χ1n) is 5.56. The standard InChI is InChI=1S/C13H18O/c1-2-11-5-7-12(8-6-11)13(14)9-3-4-10-13/h5-8,14H,2-4,9-10H2,1H3. The Morgan fingerprint density at radius 2 is 1.71 bits per heavy atom. The molecule has 0 unspecified atom stereocenters. The molecule has 1 N–H and O–H groups in total. The van der Waals surface area contributed by atoms with E-state index in [0.29, 0.717) is 0 Å². The lowest BCUT2D eigenvalue weighted by Crippen LogP contribution is -2.20. The summed E-state index contributed by atoms with van der Waals surface area (Å²) in [6.45, 7) is 2.15. The second kappa shape index (κ2) is 3.74. The molecule has 0 bridgehead atoms. The molecule has 0 heterocycles. The summed E-state index contributed by atoms with van der Waals surface area (Å²) in [7, 11) is 0. The molecule has 1 aliphatic rings. The zero-order valence-electron chi connectivity index (χ0n) is 8.79. The minimum Gasteiger partial charge on any atom is -0.385 e. The maximum absolute atomic E-state index is 10.3. The number of hydrogen-bond donors (Lipinski definition) is 1. The van der Waals surface area contributed by atoms with E-state index in [1.807, 2.05) is 0 Å². The SMILES string of the molecule is CCc1ccc(C2(O)CCCC2)cc1. The second-order valence-electron chi connectivity index (χ2n) is 4.29. The Bertz CT molecular complexity index is 294. The molecule has 1 heteroatoms. The Morgan fingerprint density at radius 1 is 1.14 bits per heavy atom. The van der Waals surface area contributed by atoms with Crippen molar-refractivity contribution in [1.29, 1.82) is 0 Å². The minimum absolute atomic E-state index is 0.522. The summed E-state index contributed by atoms with van der Waals surface area (Å²) in [6, 6.07) is 8.44. The highest BCUT2D eigenvalue weighted by molar-refractivity contribution is 5.27. The fraction of sp³-hybridized carbons (Fsp3) is 0.538. The van der Waals surface area contributed by atoms with Gasteiger partial charge in [-0.05, 0) is 30.4 Å². The van der Waals surface area contributed by atoms with Crippen molar-refractivity contribution >= 4 is 0 Å². The predicted octanol–water partition coefficient (Wildman–Crippen LogP) is 3.01. The van der Waals surface area contributed by atoms with E-state index < -0.39 is 5.60 Å². The van der Waals surface area contributed by atoms with Gasteiger partial charge in [0.05, 0.1) is 5.60 Å². The molecule has 0 aromatic heterocycles. The zero-order valence-corrected chi connectivity index (χ0v) is 8.79. The highest BCUT2D eigenvalue weighted by Gasteiger charge is 2.32. The van der Waals surface area contributed by atoms with Gasteiger partial charge >= 0.3 is 0 Å². The van der Waals surface area contributed by atoms with Gasteiger partial charge in [-0.3, -0.25) is 0 Å². The van der Waals surface area contributed by atoms with E-state index in [1.165, 1.54) is 5.56 Å². The molecule has 1 nitrogen and oxygen atoms in total. The third-order valence-corrected chi connectivity index (χ3v) is 3.33. The van der Waals surface area contributed by atoms with Gasteiger partial charge in [-0.1, -0.05) is 44.0 Å². The molecule has 14 heavy (non-hydrogen) atoms. The molecule has 0 radical (unpaired) electrons. The quantitative estimate of drug-likeness (QED) is 0.760. The van der Waals surface area contributed by atoms with Crippen molar-refractivity contribution in [2.75, 3.05) is 0 Å².